The predicted molar refractivity (Wildman–Crippen MR) is 40.1 cm³/mol. The van der Waals surface area contributed by atoms with Crippen LogP contribution in [0.5, 0.6) is 0 Å². The van der Waals surface area contributed by atoms with Crippen molar-refractivity contribution in [2.45, 2.75) is 0 Å². The predicted octanol–water partition coefficient (Wildman–Crippen LogP) is 0.686. The number of hydrogen-bond donors (Lipinski definition) is 1. The molecule has 0 unspecified atom stereocenters. The maximum Gasteiger partial charge on any atom is 0.206 e. The van der Waals surface area contributed by atoms with Gasteiger partial charge in [0, 0.05) is 5.10 Å². The van der Waals surface area contributed by atoms with Crippen molar-refractivity contribution in [3.63, 3.8) is 0 Å². The van der Waals surface area contributed by atoms with Crippen molar-refractivity contribution in [2.75, 3.05) is 0 Å². The van der Waals surface area contributed by atoms with Gasteiger partial charge < -0.3 is 0 Å². The van der Waals surface area contributed by atoms with Gasteiger partial charge in [-0.1, -0.05) is 23.4 Å². The van der Waals surface area contributed by atoms with Crippen LogP contribution in [0.4, 0.5) is 0 Å². The van der Waals surface area contributed by atoms with E-state index in [1.54, 1.807) is 6.20 Å². The molecule has 0 aliphatic rings. The molecule has 1 aromatic carbocycles. The largest absolute Gasteiger partial charge is 0.206 e. The highest BCUT2D eigenvalue weighted by atomic mass is 15.4. The molecular formula is C8H8N3+. The van der Waals surface area contributed by atoms with Crippen molar-refractivity contribution < 1.29 is 4.68 Å². The lowest BCUT2D eigenvalue weighted by Crippen LogP contribution is -2.31. The Morgan fingerprint density at radius 1 is 1.18 bits per heavy atom. The van der Waals surface area contributed by atoms with E-state index in [0.717, 1.165) is 5.69 Å². The maximum atomic E-state index is 3.84. The number of aromatic amines is 1. The van der Waals surface area contributed by atoms with E-state index >= 15 is 0 Å². The number of para-hydroxylation sites is 1. The second kappa shape index (κ2) is 2.54. The van der Waals surface area contributed by atoms with Gasteiger partial charge in [0.05, 0.1) is 0 Å². The van der Waals surface area contributed by atoms with Crippen molar-refractivity contribution in [2.24, 2.45) is 0 Å². The van der Waals surface area contributed by atoms with Crippen LogP contribution in [0.3, 0.4) is 0 Å². The lowest BCUT2D eigenvalue weighted by Gasteiger charge is -1.90. The number of rotatable bonds is 1. The van der Waals surface area contributed by atoms with Gasteiger partial charge in [0.1, 0.15) is 0 Å². The fourth-order valence-electron chi connectivity index (χ4n) is 0.961. The Kier molecular flexibility index (Phi) is 1.41. The summed E-state index contributed by atoms with van der Waals surface area (Å²) >= 11 is 0. The summed E-state index contributed by atoms with van der Waals surface area (Å²) in [6.07, 6.45) is 3.59. The molecule has 0 saturated heterocycles. The number of hydrogen-bond acceptors (Lipinski definition) is 1. The third-order valence-corrected chi connectivity index (χ3v) is 1.49. The quantitative estimate of drug-likeness (QED) is 0.590. The Hall–Kier alpha value is -1.64. The zero-order valence-corrected chi connectivity index (χ0v) is 5.94. The molecule has 2 aromatic rings. The number of aromatic nitrogens is 3. The van der Waals surface area contributed by atoms with Crippen LogP contribution >= 0.6 is 0 Å². The summed E-state index contributed by atoms with van der Waals surface area (Å²) in [5, 5.41) is 6.66. The molecule has 3 heteroatoms. The van der Waals surface area contributed by atoms with E-state index in [1.165, 1.54) is 0 Å². The SMILES string of the molecule is c1ccc(-[n+]2ccn[nH]2)cc1. The van der Waals surface area contributed by atoms with Crippen LogP contribution < -0.4 is 4.68 Å². The van der Waals surface area contributed by atoms with E-state index in [2.05, 4.69) is 10.3 Å². The van der Waals surface area contributed by atoms with Crippen molar-refractivity contribution in [3.8, 4) is 5.69 Å². The fourth-order valence-corrected chi connectivity index (χ4v) is 0.961. The molecule has 0 bridgehead atoms. The van der Waals surface area contributed by atoms with E-state index in [1.807, 2.05) is 41.2 Å². The molecule has 3 nitrogen and oxygen atoms in total. The zero-order valence-electron chi connectivity index (χ0n) is 5.94. The van der Waals surface area contributed by atoms with Gasteiger partial charge in [-0.05, 0) is 12.1 Å². The summed E-state index contributed by atoms with van der Waals surface area (Å²) in [6, 6.07) is 9.99. The number of nitrogens with one attached hydrogen (secondary N) is 1. The van der Waals surface area contributed by atoms with Crippen molar-refractivity contribution in [1.29, 1.82) is 0 Å². The first-order chi connectivity index (χ1) is 5.47. The maximum absolute atomic E-state index is 3.84. The van der Waals surface area contributed by atoms with Crippen LogP contribution in [-0.4, -0.2) is 10.3 Å². The Labute approximate surface area is 64.3 Å². The smallest absolute Gasteiger partial charge is 0.128 e. The van der Waals surface area contributed by atoms with E-state index in [4.69, 9.17) is 0 Å². The highest BCUT2D eigenvalue weighted by Gasteiger charge is 1.99. The molecule has 0 aliphatic heterocycles. The van der Waals surface area contributed by atoms with Crippen LogP contribution in [0.1, 0.15) is 0 Å². The number of nitrogens with zero attached hydrogens (tertiary/aromatic N) is 2. The average Bonchev–Trinajstić information content (AvgIpc) is 2.58. The normalized spacial score (nSPS) is 9.82. The van der Waals surface area contributed by atoms with Gasteiger partial charge in [-0.3, -0.25) is 0 Å². The third kappa shape index (κ3) is 1.12. The summed E-state index contributed by atoms with van der Waals surface area (Å²) in [7, 11) is 0. The zero-order chi connectivity index (χ0) is 7.52. The van der Waals surface area contributed by atoms with Crippen LogP contribution in [0, 0.1) is 0 Å². The summed E-state index contributed by atoms with van der Waals surface area (Å²) < 4.78 is 1.85. The summed E-state index contributed by atoms with van der Waals surface area (Å²) in [6.45, 7) is 0. The van der Waals surface area contributed by atoms with Crippen LogP contribution in [0.15, 0.2) is 42.7 Å². The first-order valence-electron chi connectivity index (χ1n) is 3.43. The van der Waals surface area contributed by atoms with Gasteiger partial charge >= 0.3 is 0 Å². The molecule has 2 rings (SSSR count). The molecule has 0 saturated carbocycles. The van der Waals surface area contributed by atoms with E-state index in [9.17, 15) is 0 Å². The molecule has 54 valence electrons. The van der Waals surface area contributed by atoms with Crippen LogP contribution in [0.25, 0.3) is 5.69 Å². The Bertz CT molecular complexity index is 312. The molecule has 0 aliphatic carbocycles. The highest BCUT2D eigenvalue weighted by Crippen LogP contribution is 1.94. The molecule has 0 radical (unpaired) electrons. The van der Waals surface area contributed by atoms with Crippen molar-refractivity contribution >= 4 is 0 Å². The first-order valence-corrected chi connectivity index (χ1v) is 3.43. The van der Waals surface area contributed by atoms with Gasteiger partial charge in [0.25, 0.3) is 0 Å². The molecule has 1 N–H and O–H groups in total. The molecule has 0 atom stereocenters. The van der Waals surface area contributed by atoms with E-state index in [0.29, 0.717) is 0 Å². The topological polar surface area (TPSA) is 32.6 Å². The number of benzene rings is 1. The summed E-state index contributed by atoms with van der Waals surface area (Å²) in [5.41, 5.74) is 1.09. The van der Waals surface area contributed by atoms with Gasteiger partial charge in [-0.2, -0.15) is 0 Å². The Morgan fingerprint density at radius 3 is 2.64 bits per heavy atom. The highest BCUT2D eigenvalue weighted by molar-refractivity contribution is 5.20. The molecule has 1 aromatic heterocycles. The van der Waals surface area contributed by atoms with Crippen molar-refractivity contribution in [3.05, 3.63) is 42.7 Å². The molecule has 0 amide bonds. The van der Waals surface area contributed by atoms with Gasteiger partial charge in [-0.25, -0.2) is 0 Å². The Morgan fingerprint density at radius 2 is 2.00 bits per heavy atom. The van der Waals surface area contributed by atoms with E-state index < -0.39 is 0 Å². The summed E-state index contributed by atoms with van der Waals surface area (Å²) in [4.78, 5) is 0. The van der Waals surface area contributed by atoms with Gasteiger partial charge in [0.15, 0.2) is 11.9 Å². The lowest BCUT2D eigenvalue weighted by atomic mass is 10.3. The third-order valence-electron chi connectivity index (χ3n) is 1.49. The van der Waals surface area contributed by atoms with Gasteiger partial charge in [0.2, 0.25) is 6.20 Å². The van der Waals surface area contributed by atoms with E-state index in [-0.39, 0.29) is 0 Å². The minimum Gasteiger partial charge on any atom is -0.128 e. The summed E-state index contributed by atoms with van der Waals surface area (Å²) in [5.74, 6) is 0. The van der Waals surface area contributed by atoms with Crippen LogP contribution in [0.2, 0.25) is 0 Å². The minimum atomic E-state index is 1.09. The standard InChI is InChI=1S/C8H7N3/c1-2-4-8(5-3-1)11-7-6-9-10-11/h1-7H/p+1. The second-order valence-electron chi connectivity index (χ2n) is 2.23. The number of H-pyrrole nitrogens is 1. The van der Waals surface area contributed by atoms with Crippen LogP contribution in [-0.2, 0) is 0 Å². The van der Waals surface area contributed by atoms with Gasteiger partial charge in [-0.15, -0.1) is 4.68 Å². The Balaban J connectivity index is 2.46. The first kappa shape index (κ1) is 6.09. The lowest BCUT2D eigenvalue weighted by molar-refractivity contribution is -0.659. The molecular weight excluding hydrogens is 138 g/mol. The fraction of sp³-hybridized carbons (Fsp3) is 0. The molecule has 0 fully saturated rings. The molecule has 0 spiro atoms. The average molecular weight is 146 g/mol. The second-order valence-corrected chi connectivity index (χ2v) is 2.23. The van der Waals surface area contributed by atoms with Crippen molar-refractivity contribution in [1.82, 2.24) is 10.3 Å². The molecule has 1 heterocycles. The molecule has 11 heavy (non-hydrogen) atoms. The monoisotopic (exact) mass is 146 g/mol. The minimum absolute atomic E-state index is 1.09.